The highest BCUT2D eigenvalue weighted by Gasteiger charge is 2.26. The summed E-state index contributed by atoms with van der Waals surface area (Å²) >= 11 is 0. The number of nitrogens with zero attached hydrogens (tertiary/aromatic N) is 2. The van der Waals surface area contributed by atoms with Crippen molar-refractivity contribution < 1.29 is 18.9 Å². The zero-order chi connectivity index (χ0) is 20.6. The van der Waals surface area contributed by atoms with E-state index in [1.165, 1.54) is 5.56 Å². The Bertz CT molecular complexity index is 695. The molecule has 0 amide bonds. The van der Waals surface area contributed by atoms with Gasteiger partial charge in [0.25, 0.3) is 0 Å². The summed E-state index contributed by atoms with van der Waals surface area (Å²) in [5, 5.41) is 3.51. The lowest BCUT2D eigenvalue weighted by atomic mass is 10.1. The molecule has 29 heavy (non-hydrogen) atoms. The summed E-state index contributed by atoms with van der Waals surface area (Å²) < 4.78 is 22.6. The molecule has 1 saturated heterocycles. The van der Waals surface area contributed by atoms with E-state index in [0.717, 1.165) is 55.6 Å². The Labute approximate surface area is 174 Å². The third-order valence-electron chi connectivity index (χ3n) is 5.40. The van der Waals surface area contributed by atoms with E-state index in [4.69, 9.17) is 18.9 Å². The number of rotatable bonds is 9. The number of nitrogens with one attached hydrogen (secondary N) is 1. The van der Waals surface area contributed by atoms with Gasteiger partial charge in [0.05, 0.1) is 26.4 Å². The van der Waals surface area contributed by atoms with Crippen molar-refractivity contribution >= 4 is 5.96 Å². The van der Waals surface area contributed by atoms with Crippen molar-refractivity contribution in [3.05, 3.63) is 23.3 Å². The average molecular weight is 406 g/mol. The minimum absolute atomic E-state index is 0.225. The SMILES string of the molecule is CCOc1cc2c(cc1CNC(=NC)N1CCC(COCCOC)C1)OC(C)C2. The third kappa shape index (κ3) is 5.76. The first-order valence-corrected chi connectivity index (χ1v) is 10.6. The second kappa shape index (κ2) is 10.7. The summed E-state index contributed by atoms with van der Waals surface area (Å²) in [4.78, 5) is 6.79. The smallest absolute Gasteiger partial charge is 0.193 e. The average Bonchev–Trinajstić information content (AvgIpc) is 3.31. The number of hydrogen-bond acceptors (Lipinski definition) is 5. The molecular formula is C22H35N3O4. The topological polar surface area (TPSA) is 64.6 Å². The van der Waals surface area contributed by atoms with Crippen molar-refractivity contribution in [1.82, 2.24) is 10.2 Å². The van der Waals surface area contributed by atoms with Gasteiger partial charge in [-0.15, -0.1) is 0 Å². The Hall–Kier alpha value is -1.99. The molecule has 0 spiro atoms. The Morgan fingerprint density at radius 1 is 1.34 bits per heavy atom. The van der Waals surface area contributed by atoms with E-state index in [1.54, 1.807) is 7.11 Å². The summed E-state index contributed by atoms with van der Waals surface area (Å²) in [7, 11) is 3.53. The molecule has 2 aliphatic heterocycles. The molecule has 7 nitrogen and oxygen atoms in total. The minimum atomic E-state index is 0.225. The van der Waals surface area contributed by atoms with Crippen LogP contribution in [0.25, 0.3) is 0 Å². The van der Waals surface area contributed by atoms with Crippen molar-refractivity contribution in [3.63, 3.8) is 0 Å². The lowest BCUT2D eigenvalue weighted by Gasteiger charge is -2.22. The lowest BCUT2D eigenvalue weighted by Crippen LogP contribution is -2.40. The van der Waals surface area contributed by atoms with E-state index in [2.05, 4.69) is 34.3 Å². The van der Waals surface area contributed by atoms with Gasteiger partial charge in [0.15, 0.2) is 5.96 Å². The fraction of sp³-hybridized carbons (Fsp3) is 0.682. The molecule has 0 saturated carbocycles. The fourth-order valence-corrected chi connectivity index (χ4v) is 3.97. The van der Waals surface area contributed by atoms with Crippen molar-refractivity contribution in [2.24, 2.45) is 10.9 Å². The van der Waals surface area contributed by atoms with Crippen molar-refractivity contribution in [3.8, 4) is 11.5 Å². The number of benzene rings is 1. The molecule has 0 aromatic heterocycles. The maximum atomic E-state index is 5.94. The van der Waals surface area contributed by atoms with Crippen LogP contribution in [0.5, 0.6) is 11.5 Å². The second-order valence-corrected chi connectivity index (χ2v) is 7.70. The Morgan fingerprint density at radius 2 is 2.21 bits per heavy atom. The second-order valence-electron chi connectivity index (χ2n) is 7.70. The summed E-state index contributed by atoms with van der Waals surface area (Å²) in [5.74, 6) is 3.35. The van der Waals surface area contributed by atoms with Crippen LogP contribution in [0.4, 0.5) is 0 Å². The van der Waals surface area contributed by atoms with Gasteiger partial charge in [-0.3, -0.25) is 4.99 Å². The van der Waals surface area contributed by atoms with Crippen molar-refractivity contribution in [2.75, 3.05) is 53.7 Å². The normalized spacial score (nSPS) is 21.2. The first kappa shape index (κ1) is 21.7. The van der Waals surface area contributed by atoms with Gasteiger partial charge >= 0.3 is 0 Å². The molecule has 0 bridgehead atoms. The molecule has 1 aromatic rings. The van der Waals surface area contributed by atoms with Gasteiger partial charge in [-0.2, -0.15) is 0 Å². The highest BCUT2D eigenvalue weighted by molar-refractivity contribution is 5.80. The predicted octanol–water partition coefficient (Wildman–Crippen LogP) is 2.47. The largest absolute Gasteiger partial charge is 0.494 e. The van der Waals surface area contributed by atoms with Gasteiger partial charge in [0, 0.05) is 57.3 Å². The minimum Gasteiger partial charge on any atom is -0.494 e. The summed E-state index contributed by atoms with van der Waals surface area (Å²) in [6, 6.07) is 4.24. The van der Waals surface area contributed by atoms with Crippen molar-refractivity contribution in [1.29, 1.82) is 0 Å². The molecule has 0 radical (unpaired) electrons. The van der Waals surface area contributed by atoms with Crippen LogP contribution in [0.1, 0.15) is 31.4 Å². The van der Waals surface area contributed by atoms with Crippen LogP contribution in [0.3, 0.4) is 0 Å². The number of methoxy groups -OCH3 is 1. The molecule has 2 heterocycles. The van der Waals surface area contributed by atoms with Gasteiger partial charge in [-0.25, -0.2) is 0 Å². The van der Waals surface area contributed by atoms with E-state index in [0.29, 0.717) is 32.3 Å². The van der Waals surface area contributed by atoms with Crippen LogP contribution in [0.2, 0.25) is 0 Å². The first-order valence-electron chi connectivity index (χ1n) is 10.6. The predicted molar refractivity (Wildman–Crippen MR) is 114 cm³/mol. The molecule has 1 aromatic carbocycles. The summed E-state index contributed by atoms with van der Waals surface area (Å²) in [6.45, 7) is 9.42. The van der Waals surface area contributed by atoms with E-state index in [9.17, 15) is 0 Å². The molecule has 3 rings (SSSR count). The number of hydrogen-bond donors (Lipinski definition) is 1. The molecule has 0 aliphatic carbocycles. The van der Waals surface area contributed by atoms with Gasteiger partial charge in [-0.05, 0) is 32.4 Å². The molecule has 2 aliphatic rings. The van der Waals surface area contributed by atoms with Gasteiger partial charge < -0.3 is 29.2 Å². The van der Waals surface area contributed by atoms with E-state index in [1.807, 2.05) is 14.0 Å². The molecule has 7 heteroatoms. The molecular weight excluding hydrogens is 370 g/mol. The maximum absolute atomic E-state index is 5.94. The maximum Gasteiger partial charge on any atom is 0.193 e. The molecule has 2 atom stereocenters. The number of fused-ring (bicyclic) bond motifs is 1. The quantitative estimate of drug-likeness (QED) is 0.387. The zero-order valence-corrected chi connectivity index (χ0v) is 18.2. The first-order chi connectivity index (χ1) is 14.1. The monoisotopic (exact) mass is 405 g/mol. The lowest BCUT2D eigenvalue weighted by molar-refractivity contribution is 0.0536. The Kier molecular flexibility index (Phi) is 8.00. The number of guanidine groups is 1. The van der Waals surface area contributed by atoms with Crippen LogP contribution in [-0.2, 0) is 22.4 Å². The number of ether oxygens (including phenoxy) is 4. The zero-order valence-electron chi connectivity index (χ0n) is 18.2. The van der Waals surface area contributed by atoms with Gasteiger partial charge in [-0.1, -0.05) is 0 Å². The van der Waals surface area contributed by atoms with Gasteiger partial charge in [0.1, 0.15) is 17.6 Å². The third-order valence-corrected chi connectivity index (χ3v) is 5.40. The standard InChI is InChI=1S/C22H35N3O4/c1-5-28-20-11-18-10-16(2)29-21(18)12-19(20)13-24-22(23-3)25-7-6-17(14-25)15-27-9-8-26-4/h11-12,16-17H,5-10,13-15H2,1-4H3,(H,23,24). The number of likely N-dealkylation sites (tertiary alicyclic amines) is 1. The molecule has 1 fully saturated rings. The van der Waals surface area contributed by atoms with Gasteiger partial charge in [0.2, 0.25) is 0 Å². The van der Waals surface area contributed by atoms with E-state index < -0.39 is 0 Å². The van der Waals surface area contributed by atoms with E-state index in [-0.39, 0.29) is 6.10 Å². The fourth-order valence-electron chi connectivity index (χ4n) is 3.97. The van der Waals surface area contributed by atoms with Crippen LogP contribution in [-0.4, -0.2) is 70.6 Å². The Balaban J connectivity index is 1.56. The highest BCUT2D eigenvalue weighted by Crippen LogP contribution is 2.35. The van der Waals surface area contributed by atoms with Crippen LogP contribution < -0.4 is 14.8 Å². The van der Waals surface area contributed by atoms with Crippen LogP contribution >= 0.6 is 0 Å². The molecule has 1 N–H and O–H groups in total. The highest BCUT2D eigenvalue weighted by atomic mass is 16.5. The number of aliphatic imine (C=N–C) groups is 1. The summed E-state index contributed by atoms with van der Waals surface area (Å²) in [5.41, 5.74) is 2.32. The van der Waals surface area contributed by atoms with E-state index >= 15 is 0 Å². The van der Waals surface area contributed by atoms with Crippen molar-refractivity contribution in [2.45, 2.75) is 39.3 Å². The molecule has 2 unspecified atom stereocenters. The van der Waals surface area contributed by atoms with Crippen LogP contribution in [0.15, 0.2) is 17.1 Å². The Morgan fingerprint density at radius 3 is 2.97 bits per heavy atom. The summed E-state index contributed by atoms with van der Waals surface area (Å²) in [6.07, 6.45) is 2.28. The van der Waals surface area contributed by atoms with Crippen LogP contribution in [0, 0.1) is 5.92 Å². The molecule has 162 valence electrons.